The third kappa shape index (κ3) is 4.62. The fourth-order valence-electron chi connectivity index (χ4n) is 1.89. The maximum atomic E-state index is 11.4. The Hall–Kier alpha value is -2.31. The van der Waals surface area contributed by atoms with Crippen LogP contribution in [0.15, 0.2) is 18.2 Å². The van der Waals surface area contributed by atoms with Crippen molar-refractivity contribution in [1.82, 2.24) is 0 Å². The largest absolute Gasteiger partial charge is 0.487 e. The Bertz CT molecular complexity index is 504. The van der Waals surface area contributed by atoms with E-state index in [4.69, 9.17) is 9.47 Å². The van der Waals surface area contributed by atoms with Crippen molar-refractivity contribution in [3.05, 3.63) is 28.3 Å². The van der Waals surface area contributed by atoms with E-state index in [0.717, 1.165) is 0 Å². The van der Waals surface area contributed by atoms with Gasteiger partial charge in [-0.1, -0.05) is 6.07 Å². The van der Waals surface area contributed by atoms with Crippen LogP contribution in [0.25, 0.3) is 0 Å². The summed E-state index contributed by atoms with van der Waals surface area (Å²) in [6, 6.07) is 4.88. The molecule has 0 spiro atoms. The van der Waals surface area contributed by atoms with Crippen molar-refractivity contribution >= 4 is 17.3 Å². The lowest BCUT2D eigenvalue weighted by Gasteiger charge is -2.19. The van der Waals surface area contributed by atoms with Crippen molar-refractivity contribution < 1.29 is 19.2 Å². The lowest BCUT2D eigenvalue weighted by molar-refractivity contribution is -0.385. The fraction of sp³-hybridized carbons (Fsp3) is 0.500. The molecule has 0 saturated carbocycles. The number of nitrogens with zero attached hydrogens (tertiary/aromatic N) is 2. The van der Waals surface area contributed by atoms with Gasteiger partial charge in [-0.15, -0.1) is 0 Å². The SMILES string of the molecule is CCOC(=O)CCN(C)c1cccc(OCC)c1[N+](=O)[O-]. The molecular formula is C14H20N2O5. The lowest BCUT2D eigenvalue weighted by Crippen LogP contribution is -2.23. The van der Waals surface area contributed by atoms with Gasteiger partial charge in [0.2, 0.25) is 0 Å². The third-order valence-electron chi connectivity index (χ3n) is 2.83. The molecule has 7 nitrogen and oxygen atoms in total. The Balaban J connectivity index is 2.92. The van der Waals surface area contributed by atoms with Gasteiger partial charge in [0.1, 0.15) is 5.69 Å². The summed E-state index contributed by atoms with van der Waals surface area (Å²) in [5, 5.41) is 11.3. The first-order chi connectivity index (χ1) is 10.0. The first-order valence-corrected chi connectivity index (χ1v) is 6.78. The quantitative estimate of drug-likeness (QED) is 0.416. The topological polar surface area (TPSA) is 81.9 Å². The maximum Gasteiger partial charge on any atom is 0.333 e. The monoisotopic (exact) mass is 296 g/mol. The van der Waals surface area contributed by atoms with Crippen molar-refractivity contribution in [3.8, 4) is 5.75 Å². The lowest BCUT2D eigenvalue weighted by atomic mass is 10.2. The highest BCUT2D eigenvalue weighted by Crippen LogP contribution is 2.36. The summed E-state index contributed by atoms with van der Waals surface area (Å²) in [4.78, 5) is 23.8. The predicted molar refractivity (Wildman–Crippen MR) is 78.8 cm³/mol. The van der Waals surface area contributed by atoms with E-state index in [1.54, 1.807) is 44.0 Å². The van der Waals surface area contributed by atoms with Gasteiger partial charge >= 0.3 is 11.7 Å². The van der Waals surface area contributed by atoms with Crippen molar-refractivity contribution in [2.24, 2.45) is 0 Å². The second-order valence-corrected chi connectivity index (χ2v) is 4.29. The Morgan fingerprint density at radius 3 is 2.62 bits per heavy atom. The number of nitro groups is 1. The molecule has 1 aromatic carbocycles. The highest BCUT2D eigenvalue weighted by Gasteiger charge is 2.23. The number of ether oxygens (including phenoxy) is 2. The van der Waals surface area contributed by atoms with Gasteiger partial charge in [-0.05, 0) is 26.0 Å². The molecule has 0 unspecified atom stereocenters. The summed E-state index contributed by atoms with van der Waals surface area (Å²) in [6.45, 7) is 4.49. The molecule has 0 saturated heterocycles. The van der Waals surface area contributed by atoms with Crippen LogP contribution in [-0.2, 0) is 9.53 Å². The van der Waals surface area contributed by atoms with E-state index in [2.05, 4.69) is 0 Å². The zero-order chi connectivity index (χ0) is 15.8. The Kier molecular flexibility index (Phi) is 6.45. The van der Waals surface area contributed by atoms with Crippen LogP contribution < -0.4 is 9.64 Å². The van der Waals surface area contributed by atoms with E-state index >= 15 is 0 Å². The van der Waals surface area contributed by atoms with Gasteiger partial charge in [0.15, 0.2) is 5.75 Å². The first kappa shape index (κ1) is 16.7. The minimum absolute atomic E-state index is 0.0919. The van der Waals surface area contributed by atoms with E-state index in [1.165, 1.54) is 0 Å². The molecule has 1 rings (SSSR count). The smallest absolute Gasteiger partial charge is 0.333 e. The van der Waals surface area contributed by atoms with Gasteiger partial charge in [-0.25, -0.2) is 0 Å². The molecule has 0 aliphatic heterocycles. The summed E-state index contributed by atoms with van der Waals surface area (Å²) < 4.78 is 10.1. The van der Waals surface area contributed by atoms with Crippen LogP contribution in [0.3, 0.4) is 0 Å². The minimum Gasteiger partial charge on any atom is -0.487 e. The van der Waals surface area contributed by atoms with E-state index in [1.807, 2.05) is 0 Å². The van der Waals surface area contributed by atoms with Crippen LogP contribution in [0.4, 0.5) is 11.4 Å². The molecule has 0 radical (unpaired) electrons. The number of hydrogen-bond donors (Lipinski definition) is 0. The highest BCUT2D eigenvalue weighted by atomic mass is 16.6. The number of carbonyl (C=O) groups is 1. The highest BCUT2D eigenvalue weighted by molar-refractivity contribution is 5.72. The molecule has 0 bridgehead atoms. The molecule has 0 heterocycles. The predicted octanol–water partition coefficient (Wildman–Crippen LogP) is 2.38. The Morgan fingerprint density at radius 1 is 1.33 bits per heavy atom. The Morgan fingerprint density at radius 2 is 2.05 bits per heavy atom. The summed E-state index contributed by atoms with van der Waals surface area (Å²) in [7, 11) is 1.69. The number of esters is 1. The fourth-order valence-corrected chi connectivity index (χ4v) is 1.89. The average molecular weight is 296 g/mol. The van der Waals surface area contributed by atoms with E-state index < -0.39 is 4.92 Å². The molecule has 0 aliphatic rings. The zero-order valence-corrected chi connectivity index (χ0v) is 12.5. The van der Waals surface area contributed by atoms with Gasteiger partial charge < -0.3 is 14.4 Å². The van der Waals surface area contributed by atoms with Crippen LogP contribution in [-0.4, -0.2) is 37.7 Å². The molecule has 21 heavy (non-hydrogen) atoms. The van der Waals surface area contributed by atoms with Gasteiger partial charge in [-0.3, -0.25) is 14.9 Å². The number of carbonyl (C=O) groups excluding carboxylic acids is 1. The number of anilines is 1. The van der Waals surface area contributed by atoms with Crippen molar-refractivity contribution in [1.29, 1.82) is 0 Å². The van der Waals surface area contributed by atoms with Crippen LogP contribution in [0.2, 0.25) is 0 Å². The van der Waals surface area contributed by atoms with Crippen LogP contribution in [0.5, 0.6) is 5.75 Å². The second-order valence-electron chi connectivity index (χ2n) is 4.29. The molecular weight excluding hydrogens is 276 g/mol. The van der Waals surface area contributed by atoms with Crippen molar-refractivity contribution in [2.75, 3.05) is 31.7 Å². The summed E-state index contributed by atoms with van der Waals surface area (Å²) >= 11 is 0. The van der Waals surface area contributed by atoms with Gasteiger partial charge in [0.05, 0.1) is 24.6 Å². The van der Waals surface area contributed by atoms with E-state index in [-0.39, 0.29) is 23.8 Å². The summed E-state index contributed by atoms with van der Waals surface area (Å²) in [5.41, 5.74) is 0.320. The van der Waals surface area contributed by atoms with E-state index in [0.29, 0.717) is 25.4 Å². The summed E-state index contributed by atoms with van der Waals surface area (Å²) in [5.74, 6) is -0.101. The normalized spacial score (nSPS) is 10.0. The number of rotatable bonds is 8. The molecule has 0 aliphatic carbocycles. The zero-order valence-electron chi connectivity index (χ0n) is 12.5. The van der Waals surface area contributed by atoms with Gasteiger partial charge in [0.25, 0.3) is 0 Å². The minimum atomic E-state index is -0.471. The molecule has 0 amide bonds. The van der Waals surface area contributed by atoms with Crippen LogP contribution >= 0.6 is 0 Å². The first-order valence-electron chi connectivity index (χ1n) is 6.78. The van der Waals surface area contributed by atoms with Crippen molar-refractivity contribution in [2.45, 2.75) is 20.3 Å². The maximum absolute atomic E-state index is 11.4. The van der Waals surface area contributed by atoms with Gasteiger partial charge in [-0.2, -0.15) is 0 Å². The number of nitro benzene ring substituents is 1. The molecule has 1 aromatic rings. The number of hydrogen-bond acceptors (Lipinski definition) is 6. The molecule has 7 heteroatoms. The Labute approximate surface area is 123 Å². The second kappa shape index (κ2) is 8.08. The van der Waals surface area contributed by atoms with Crippen LogP contribution in [0.1, 0.15) is 20.3 Å². The molecule has 0 fully saturated rings. The average Bonchev–Trinajstić information content (AvgIpc) is 2.45. The van der Waals surface area contributed by atoms with Crippen molar-refractivity contribution in [3.63, 3.8) is 0 Å². The molecule has 116 valence electrons. The molecule has 0 aromatic heterocycles. The number of benzene rings is 1. The van der Waals surface area contributed by atoms with Gasteiger partial charge in [0, 0.05) is 13.6 Å². The molecule has 0 N–H and O–H groups in total. The van der Waals surface area contributed by atoms with Crippen LogP contribution in [0, 0.1) is 10.1 Å². The molecule has 0 atom stereocenters. The summed E-state index contributed by atoms with van der Waals surface area (Å²) in [6.07, 6.45) is 0.167. The number of para-hydroxylation sites is 1. The third-order valence-corrected chi connectivity index (χ3v) is 2.83. The van der Waals surface area contributed by atoms with E-state index in [9.17, 15) is 14.9 Å². The standard InChI is InChI=1S/C14H20N2O5/c1-4-20-12-8-6-7-11(14(12)16(18)19)15(3)10-9-13(17)21-5-2/h6-8H,4-5,9-10H2,1-3H3.